The zero-order valence-corrected chi connectivity index (χ0v) is 13.8. The number of alkyl carbamates (subject to hydrolysis) is 1. The molecule has 1 heterocycles. The molecule has 6 heteroatoms. The molecule has 0 aliphatic heterocycles. The first-order chi connectivity index (χ1) is 10.7. The summed E-state index contributed by atoms with van der Waals surface area (Å²) in [5.41, 5.74) is 2.19. The number of H-pyrrole nitrogens is 1. The molecule has 0 aliphatic carbocycles. The molecule has 0 bridgehead atoms. The summed E-state index contributed by atoms with van der Waals surface area (Å²) in [4.78, 5) is 26.4. The maximum absolute atomic E-state index is 11.8. The van der Waals surface area contributed by atoms with E-state index in [1.807, 2.05) is 25.1 Å². The van der Waals surface area contributed by atoms with Crippen LogP contribution in [0.4, 0.5) is 4.79 Å². The Labute approximate surface area is 134 Å². The standard InChI is InChI=1S/C17H22N2O4/c1-10-5-6-13-12(7-10)11(9-18-13)8-14(15(20)21)19-16(22)23-17(2,3)4/h5-7,9,14,18H,8H2,1-4H3,(H,19,22)(H,20,21)/t14-/m1/s1. The van der Waals surface area contributed by atoms with Crippen LogP contribution in [0.5, 0.6) is 0 Å². The molecule has 0 unspecified atom stereocenters. The molecule has 6 nitrogen and oxygen atoms in total. The summed E-state index contributed by atoms with van der Waals surface area (Å²) in [6.07, 6.45) is 1.22. The second-order valence-electron chi connectivity index (χ2n) is 6.60. The van der Waals surface area contributed by atoms with E-state index in [0.717, 1.165) is 22.0 Å². The van der Waals surface area contributed by atoms with Crippen LogP contribution in [0, 0.1) is 6.92 Å². The molecule has 1 atom stereocenters. The number of fused-ring (bicyclic) bond motifs is 1. The molecule has 2 rings (SSSR count). The van der Waals surface area contributed by atoms with Gasteiger partial charge in [-0.2, -0.15) is 0 Å². The van der Waals surface area contributed by atoms with E-state index in [2.05, 4.69) is 10.3 Å². The number of rotatable bonds is 4. The normalized spacial score (nSPS) is 12.9. The van der Waals surface area contributed by atoms with Gasteiger partial charge in [0.25, 0.3) is 0 Å². The third-order valence-corrected chi connectivity index (χ3v) is 3.34. The number of ether oxygens (including phenoxy) is 1. The molecule has 2 aromatic rings. The Morgan fingerprint density at radius 3 is 2.65 bits per heavy atom. The van der Waals surface area contributed by atoms with E-state index in [-0.39, 0.29) is 6.42 Å². The first-order valence-electron chi connectivity index (χ1n) is 7.44. The van der Waals surface area contributed by atoms with E-state index in [1.165, 1.54) is 0 Å². The SMILES string of the molecule is Cc1ccc2[nH]cc(C[C@@H](NC(=O)OC(C)(C)C)C(=O)O)c2c1. The van der Waals surface area contributed by atoms with Crippen LogP contribution in [0.2, 0.25) is 0 Å². The third kappa shape index (κ3) is 4.48. The fourth-order valence-electron chi connectivity index (χ4n) is 2.33. The number of aryl methyl sites for hydroxylation is 1. The molecule has 23 heavy (non-hydrogen) atoms. The van der Waals surface area contributed by atoms with Gasteiger partial charge in [-0.3, -0.25) is 0 Å². The van der Waals surface area contributed by atoms with Crippen LogP contribution >= 0.6 is 0 Å². The molecule has 1 aromatic heterocycles. The monoisotopic (exact) mass is 318 g/mol. The average Bonchev–Trinajstić information content (AvgIpc) is 2.78. The summed E-state index contributed by atoms with van der Waals surface area (Å²) in [5, 5.41) is 12.7. The Morgan fingerprint density at radius 2 is 2.04 bits per heavy atom. The van der Waals surface area contributed by atoms with Crippen LogP contribution in [0.3, 0.4) is 0 Å². The number of carbonyl (C=O) groups is 2. The van der Waals surface area contributed by atoms with Gasteiger partial charge in [-0.05, 0) is 45.4 Å². The number of nitrogens with one attached hydrogen (secondary N) is 2. The molecule has 0 spiro atoms. The number of hydrogen-bond donors (Lipinski definition) is 3. The summed E-state index contributed by atoms with van der Waals surface area (Å²) >= 11 is 0. The maximum atomic E-state index is 11.8. The first kappa shape index (κ1) is 16.9. The lowest BCUT2D eigenvalue weighted by molar-refractivity contribution is -0.139. The fraction of sp³-hybridized carbons (Fsp3) is 0.412. The van der Waals surface area contributed by atoms with Crippen molar-refractivity contribution in [1.29, 1.82) is 0 Å². The van der Waals surface area contributed by atoms with Crippen molar-refractivity contribution in [1.82, 2.24) is 10.3 Å². The van der Waals surface area contributed by atoms with Gasteiger partial charge in [0.15, 0.2) is 0 Å². The van der Waals surface area contributed by atoms with Crippen molar-refractivity contribution in [2.75, 3.05) is 0 Å². The summed E-state index contributed by atoms with van der Waals surface area (Å²) in [6, 6.07) is 4.87. The first-order valence-corrected chi connectivity index (χ1v) is 7.44. The number of hydrogen-bond acceptors (Lipinski definition) is 3. The van der Waals surface area contributed by atoms with Crippen LogP contribution in [0.15, 0.2) is 24.4 Å². The zero-order chi connectivity index (χ0) is 17.2. The Morgan fingerprint density at radius 1 is 1.35 bits per heavy atom. The average molecular weight is 318 g/mol. The summed E-state index contributed by atoms with van der Waals surface area (Å²) in [6.45, 7) is 7.16. The van der Waals surface area contributed by atoms with Crippen molar-refractivity contribution in [3.8, 4) is 0 Å². The van der Waals surface area contributed by atoms with Crippen LogP contribution in [0.25, 0.3) is 10.9 Å². The summed E-state index contributed by atoms with van der Waals surface area (Å²) in [7, 11) is 0. The maximum Gasteiger partial charge on any atom is 0.408 e. The van der Waals surface area contributed by atoms with Crippen molar-refractivity contribution < 1.29 is 19.4 Å². The minimum atomic E-state index is -1.10. The highest BCUT2D eigenvalue weighted by Gasteiger charge is 2.25. The Bertz CT molecular complexity index is 728. The molecule has 0 saturated carbocycles. The van der Waals surface area contributed by atoms with Crippen molar-refractivity contribution >= 4 is 23.0 Å². The summed E-state index contributed by atoms with van der Waals surface area (Å²) in [5.74, 6) is -1.10. The molecule has 1 amide bonds. The van der Waals surface area contributed by atoms with Crippen molar-refractivity contribution in [2.45, 2.75) is 45.8 Å². The van der Waals surface area contributed by atoms with E-state index in [9.17, 15) is 14.7 Å². The number of carboxylic acids is 1. The molecule has 0 radical (unpaired) electrons. The van der Waals surface area contributed by atoms with Crippen molar-refractivity contribution in [3.63, 3.8) is 0 Å². The van der Waals surface area contributed by atoms with Gasteiger partial charge < -0.3 is 20.1 Å². The lowest BCUT2D eigenvalue weighted by atomic mass is 10.0. The van der Waals surface area contributed by atoms with Crippen LogP contribution < -0.4 is 5.32 Å². The molecule has 0 fully saturated rings. The van der Waals surface area contributed by atoms with E-state index in [0.29, 0.717) is 0 Å². The van der Waals surface area contributed by atoms with Gasteiger partial charge in [0.2, 0.25) is 0 Å². The summed E-state index contributed by atoms with van der Waals surface area (Å²) < 4.78 is 5.12. The van der Waals surface area contributed by atoms with E-state index >= 15 is 0 Å². The number of aliphatic carboxylic acids is 1. The highest BCUT2D eigenvalue weighted by molar-refractivity contribution is 5.86. The van der Waals surface area contributed by atoms with Crippen LogP contribution in [-0.2, 0) is 16.0 Å². The van der Waals surface area contributed by atoms with Crippen molar-refractivity contribution in [2.24, 2.45) is 0 Å². The number of aromatic amines is 1. The number of benzene rings is 1. The van der Waals surface area contributed by atoms with Gasteiger partial charge in [0.05, 0.1) is 0 Å². The second-order valence-corrected chi connectivity index (χ2v) is 6.60. The molecule has 0 saturated heterocycles. The van der Waals surface area contributed by atoms with E-state index in [1.54, 1.807) is 27.0 Å². The lowest BCUT2D eigenvalue weighted by Crippen LogP contribution is -2.44. The van der Waals surface area contributed by atoms with Gasteiger partial charge >= 0.3 is 12.1 Å². The smallest absolute Gasteiger partial charge is 0.408 e. The minimum absolute atomic E-state index is 0.179. The van der Waals surface area contributed by atoms with Gasteiger partial charge in [-0.25, -0.2) is 9.59 Å². The molecule has 124 valence electrons. The fourth-order valence-corrected chi connectivity index (χ4v) is 2.33. The minimum Gasteiger partial charge on any atom is -0.480 e. The highest BCUT2D eigenvalue weighted by Crippen LogP contribution is 2.21. The van der Waals surface area contributed by atoms with Gasteiger partial charge in [0, 0.05) is 23.5 Å². The molecule has 1 aromatic carbocycles. The molecule has 0 aliphatic rings. The number of carboxylic acid groups (broad SMARTS) is 1. The Hall–Kier alpha value is -2.50. The Kier molecular flexibility index (Phi) is 4.63. The predicted molar refractivity (Wildman–Crippen MR) is 87.5 cm³/mol. The van der Waals surface area contributed by atoms with Crippen molar-refractivity contribution in [3.05, 3.63) is 35.5 Å². The molecular weight excluding hydrogens is 296 g/mol. The largest absolute Gasteiger partial charge is 0.480 e. The van der Waals surface area contributed by atoms with Gasteiger partial charge in [-0.15, -0.1) is 0 Å². The quantitative estimate of drug-likeness (QED) is 0.808. The van der Waals surface area contributed by atoms with Gasteiger partial charge in [-0.1, -0.05) is 11.6 Å². The zero-order valence-electron chi connectivity index (χ0n) is 13.8. The number of carbonyl (C=O) groups excluding carboxylic acids is 1. The van der Waals surface area contributed by atoms with E-state index < -0.39 is 23.7 Å². The number of aromatic nitrogens is 1. The topological polar surface area (TPSA) is 91.4 Å². The van der Waals surface area contributed by atoms with Crippen LogP contribution in [0.1, 0.15) is 31.9 Å². The van der Waals surface area contributed by atoms with E-state index in [4.69, 9.17) is 4.74 Å². The second kappa shape index (κ2) is 6.32. The van der Waals surface area contributed by atoms with Gasteiger partial charge in [0.1, 0.15) is 11.6 Å². The Balaban J connectivity index is 2.17. The molecular formula is C17H22N2O4. The van der Waals surface area contributed by atoms with Crippen LogP contribution in [-0.4, -0.2) is 33.8 Å². The third-order valence-electron chi connectivity index (χ3n) is 3.34. The predicted octanol–water partition coefficient (Wildman–Crippen LogP) is 3.00. The number of amides is 1. The highest BCUT2D eigenvalue weighted by atomic mass is 16.6. The lowest BCUT2D eigenvalue weighted by Gasteiger charge is -2.22. The molecule has 3 N–H and O–H groups in total.